The number of rotatable bonds is 4. The summed E-state index contributed by atoms with van der Waals surface area (Å²) in [5.74, 6) is -0.479. The number of hydrogen-bond donors (Lipinski definition) is 1. The van der Waals surface area contributed by atoms with E-state index in [4.69, 9.17) is 16.9 Å². The van der Waals surface area contributed by atoms with Crippen molar-refractivity contribution in [2.75, 3.05) is 21.2 Å². The quantitative estimate of drug-likeness (QED) is 0.830. The van der Waals surface area contributed by atoms with E-state index in [0.29, 0.717) is 28.5 Å². The highest BCUT2D eigenvalue weighted by atomic mass is 35.5. The molecule has 0 amide bonds. The number of H-pyrrole nitrogens is 1. The van der Waals surface area contributed by atoms with Crippen molar-refractivity contribution in [3.63, 3.8) is 0 Å². The van der Waals surface area contributed by atoms with E-state index in [1.807, 2.05) is 25.1 Å². The number of nitrogens with zero attached hydrogens (tertiary/aromatic N) is 2. The Bertz CT molecular complexity index is 460. The largest absolute Gasteiger partial charge is 0.464 e. The molecule has 92 valence electrons. The second-order valence-electron chi connectivity index (χ2n) is 3.84. The van der Waals surface area contributed by atoms with Crippen LogP contribution in [0.3, 0.4) is 0 Å². The van der Waals surface area contributed by atoms with E-state index in [9.17, 15) is 4.79 Å². The third-order valence-corrected chi connectivity index (χ3v) is 2.61. The van der Waals surface area contributed by atoms with Crippen molar-refractivity contribution < 1.29 is 9.53 Å². The highest BCUT2D eigenvalue weighted by Gasteiger charge is 2.21. The Kier molecular flexibility index (Phi) is 4.55. The van der Waals surface area contributed by atoms with Crippen LogP contribution < -0.4 is 0 Å². The van der Waals surface area contributed by atoms with Crippen LogP contribution in [0.15, 0.2) is 0 Å². The van der Waals surface area contributed by atoms with Crippen LogP contribution in [0.2, 0.25) is 5.15 Å². The fourth-order valence-electron chi connectivity index (χ4n) is 1.57. The lowest BCUT2D eigenvalue weighted by Crippen LogP contribution is -2.15. The van der Waals surface area contributed by atoms with E-state index in [1.165, 1.54) is 7.11 Å². The molecular weight excluding hydrogens is 242 g/mol. The molecule has 5 nitrogen and oxygen atoms in total. The van der Waals surface area contributed by atoms with Gasteiger partial charge in [0.2, 0.25) is 0 Å². The molecular formula is C11H14ClN3O2. The fourth-order valence-corrected chi connectivity index (χ4v) is 1.85. The molecule has 1 aromatic rings. The lowest BCUT2D eigenvalue weighted by atomic mass is 10.1. The number of hydrogen-bond acceptors (Lipinski definition) is 4. The lowest BCUT2D eigenvalue weighted by Gasteiger charge is -2.11. The zero-order valence-corrected chi connectivity index (χ0v) is 10.8. The molecule has 0 unspecified atom stereocenters. The van der Waals surface area contributed by atoms with Gasteiger partial charge in [0, 0.05) is 17.7 Å². The summed E-state index contributed by atoms with van der Waals surface area (Å²) in [5.41, 5.74) is 1.69. The van der Waals surface area contributed by atoms with Crippen LogP contribution in [0.4, 0.5) is 0 Å². The van der Waals surface area contributed by atoms with Crippen LogP contribution in [0, 0.1) is 11.3 Å². The van der Waals surface area contributed by atoms with Crippen molar-refractivity contribution >= 4 is 17.6 Å². The number of aromatic amines is 1. The number of methoxy groups -OCH3 is 1. The Hall–Kier alpha value is -1.51. The van der Waals surface area contributed by atoms with Crippen molar-refractivity contribution in [3.8, 4) is 6.07 Å². The number of esters is 1. The first-order valence-electron chi connectivity index (χ1n) is 5.00. The minimum atomic E-state index is -0.479. The Balaban J connectivity index is 3.26. The molecule has 0 atom stereocenters. The SMILES string of the molecule is COC(=O)c1[nH]c(Cl)c(CC#N)c1CN(C)C. The predicted octanol–water partition coefficient (Wildman–Crippen LogP) is 1.58. The molecule has 0 bridgehead atoms. The smallest absolute Gasteiger partial charge is 0.354 e. The van der Waals surface area contributed by atoms with E-state index in [0.717, 1.165) is 0 Å². The maximum absolute atomic E-state index is 11.6. The van der Waals surface area contributed by atoms with Crippen LogP contribution in [-0.4, -0.2) is 37.1 Å². The molecule has 1 heterocycles. The molecule has 6 heteroatoms. The lowest BCUT2D eigenvalue weighted by molar-refractivity contribution is 0.0592. The Morgan fingerprint density at radius 1 is 1.53 bits per heavy atom. The molecule has 0 fully saturated rings. The van der Waals surface area contributed by atoms with Crippen molar-refractivity contribution in [2.45, 2.75) is 13.0 Å². The van der Waals surface area contributed by atoms with E-state index >= 15 is 0 Å². The zero-order chi connectivity index (χ0) is 13.0. The van der Waals surface area contributed by atoms with Crippen molar-refractivity contribution in [3.05, 3.63) is 22.0 Å². The average Bonchev–Trinajstić information content (AvgIpc) is 2.56. The molecule has 0 aliphatic carbocycles. The maximum Gasteiger partial charge on any atom is 0.354 e. The van der Waals surface area contributed by atoms with Gasteiger partial charge in [-0.25, -0.2) is 4.79 Å². The highest BCUT2D eigenvalue weighted by molar-refractivity contribution is 6.30. The summed E-state index contributed by atoms with van der Waals surface area (Å²) in [6, 6.07) is 2.03. The van der Waals surface area contributed by atoms with Gasteiger partial charge in [-0.15, -0.1) is 0 Å². The van der Waals surface area contributed by atoms with Gasteiger partial charge in [-0.05, 0) is 14.1 Å². The number of carbonyl (C=O) groups is 1. The standard InChI is InChI=1S/C11H14ClN3O2/c1-15(2)6-8-7(4-5-13)10(12)14-9(8)11(16)17-3/h14H,4,6H2,1-3H3. The Labute approximate surface area is 105 Å². The number of ether oxygens (including phenoxy) is 1. The monoisotopic (exact) mass is 255 g/mol. The van der Waals surface area contributed by atoms with E-state index in [2.05, 4.69) is 9.72 Å². The number of halogens is 1. The summed E-state index contributed by atoms with van der Waals surface area (Å²) in [6.07, 6.45) is 0.162. The van der Waals surface area contributed by atoms with E-state index in [-0.39, 0.29) is 6.42 Å². The summed E-state index contributed by atoms with van der Waals surface area (Å²) < 4.78 is 4.67. The molecule has 0 spiro atoms. The molecule has 0 saturated carbocycles. The minimum absolute atomic E-state index is 0.162. The summed E-state index contributed by atoms with van der Waals surface area (Å²) >= 11 is 5.98. The normalized spacial score (nSPS) is 10.4. The number of aromatic nitrogens is 1. The first-order chi connectivity index (χ1) is 8.01. The molecule has 1 rings (SSSR count). The summed E-state index contributed by atoms with van der Waals surface area (Å²) in [6.45, 7) is 0.519. The van der Waals surface area contributed by atoms with Gasteiger partial charge in [0.15, 0.2) is 0 Å². The van der Waals surface area contributed by atoms with Crippen molar-refractivity contribution in [2.24, 2.45) is 0 Å². The van der Waals surface area contributed by atoms with Crippen molar-refractivity contribution in [1.82, 2.24) is 9.88 Å². The van der Waals surface area contributed by atoms with Gasteiger partial charge in [0.05, 0.1) is 19.6 Å². The molecule has 0 aliphatic rings. The Morgan fingerprint density at radius 3 is 2.65 bits per heavy atom. The maximum atomic E-state index is 11.6. The predicted molar refractivity (Wildman–Crippen MR) is 63.9 cm³/mol. The first kappa shape index (κ1) is 13.6. The van der Waals surface area contributed by atoms with Gasteiger partial charge in [-0.1, -0.05) is 11.6 Å². The number of nitriles is 1. The van der Waals surface area contributed by atoms with Gasteiger partial charge in [-0.2, -0.15) is 5.26 Å². The second-order valence-corrected chi connectivity index (χ2v) is 4.21. The first-order valence-corrected chi connectivity index (χ1v) is 5.38. The molecule has 0 radical (unpaired) electrons. The van der Waals surface area contributed by atoms with Gasteiger partial charge < -0.3 is 14.6 Å². The van der Waals surface area contributed by atoms with Gasteiger partial charge in [-0.3, -0.25) is 0 Å². The molecule has 0 aliphatic heterocycles. The van der Waals surface area contributed by atoms with Gasteiger partial charge >= 0.3 is 5.97 Å². The topological polar surface area (TPSA) is 69.1 Å². The highest BCUT2D eigenvalue weighted by Crippen LogP contribution is 2.25. The number of nitrogens with one attached hydrogen (secondary N) is 1. The third kappa shape index (κ3) is 2.99. The summed E-state index contributed by atoms with van der Waals surface area (Å²) in [5, 5.41) is 9.08. The Morgan fingerprint density at radius 2 is 2.18 bits per heavy atom. The fraction of sp³-hybridized carbons (Fsp3) is 0.455. The van der Waals surface area contributed by atoms with Crippen LogP contribution >= 0.6 is 11.6 Å². The minimum Gasteiger partial charge on any atom is -0.464 e. The van der Waals surface area contributed by atoms with Crippen LogP contribution in [0.5, 0.6) is 0 Å². The van der Waals surface area contributed by atoms with Crippen molar-refractivity contribution in [1.29, 1.82) is 5.26 Å². The van der Waals surface area contributed by atoms with Gasteiger partial charge in [0.1, 0.15) is 10.8 Å². The van der Waals surface area contributed by atoms with Crippen LogP contribution in [0.25, 0.3) is 0 Å². The zero-order valence-electron chi connectivity index (χ0n) is 10.0. The second kappa shape index (κ2) is 5.71. The van der Waals surface area contributed by atoms with Crippen LogP contribution in [0.1, 0.15) is 21.6 Å². The van der Waals surface area contributed by atoms with E-state index in [1.54, 1.807) is 0 Å². The molecule has 0 aromatic carbocycles. The molecule has 0 saturated heterocycles. The van der Waals surface area contributed by atoms with Gasteiger partial charge in [0.25, 0.3) is 0 Å². The van der Waals surface area contributed by atoms with Crippen LogP contribution in [-0.2, 0) is 17.7 Å². The molecule has 1 aromatic heterocycles. The average molecular weight is 256 g/mol. The third-order valence-electron chi connectivity index (χ3n) is 2.29. The molecule has 1 N–H and O–H groups in total. The molecule has 17 heavy (non-hydrogen) atoms. The number of carbonyl (C=O) groups excluding carboxylic acids is 1. The summed E-state index contributed by atoms with van der Waals surface area (Å²) in [7, 11) is 5.05. The van der Waals surface area contributed by atoms with E-state index < -0.39 is 5.97 Å². The summed E-state index contributed by atoms with van der Waals surface area (Å²) in [4.78, 5) is 16.2.